The number of hydrogen-bond acceptors (Lipinski definition) is 5. The number of ether oxygens (including phenoxy) is 2. The minimum atomic E-state index is -0.487. The van der Waals surface area contributed by atoms with Gasteiger partial charge in [0, 0.05) is 29.3 Å². The van der Waals surface area contributed by atoms with Gasteiger partial charge in [-0.1, -0.05) is 48.5 Å². The first kappa shape index (κ1) is 21.0. The van der Waals surface area contributed by atoms with Crippen LogP contribution in [-0.2, 0) is 14.3 Å². The van der Waals surface area contributed by atoms with Gasteiger partial charge in [0.05, 0.1) is 25.2 Å². The molecule has 1 heterocycles. The molecule has 1 aliphatic carbocycles. The molecular weight excluding hydrogens is 390 g/mol. The number of ketones is 1. The summed E-state index contributed by atoms with van der Waals surface area (Å²) in [6.07, 6.45) is 1.12. The van der Waals surface area contributed by atoms with Crippen LogP contribution in [0, 0.1) is 5.92 Å². The Hall–Kier alpha value is -3.21. The van der Waals surface area contributed by atoms with Crippen LogP contribution >= 0.6 is 0 Å². The number of aliphatic imine (C=N–C) groups is 1. The second kappa shape index (κ2) is 8.88. The fourth-order valence-electron chi connectivity index (χ4n) is 4.87. The molecule has 0 N–H and O–H groups in total. The zero-order chi connectivity index (χ0) is 22.0. The first-order chi connectivity index (χ1) is 15.0. The van der Waals surface area contributed by atoms with E-state index in [4.69, 9.17) is 14.5 Å². The van der Waals surface area contributed by atoms with Gasteiger partial charge in [-0.05, 0) is 37.8 Å². The van der Waals surface area contributed by atoms with Crippen LogP contribution in [0.1, 0.15) is 49.7 Å². The average molecular weight is 418 g/mol. The van der Waals surface area contributed by atoms with Gasteiger partial charge < -0.3 is 9.47 Å². The van der Waals surface area contributed by atoms with E-state index in [-0.39, 0.29) is 11.7 Å². The molecule has 1 saturated carbocycles. The van der Waals surface area contributed by atoms with Gasteiger partial charge in [0.2, 0.25) is 0 Å². The number of fused-ring (bicyclic) bond motifs is 1. The van der Waals surface area contributed by atoms with Crippen molar-refractivity contribution in [3.8, 4) is 5.75 Å². The number of allylic oxidation sites excluding steroid dienone is 1. The van der Waals surface area contributed by atoms with E-state index in [0.717, 1.165) is 16.8 Å². The number of carbonyl (C=O) groups is 2. The van der Waals surface area contributed by atoms with Crippen LogP contribution in [0.5, 0.6) is 5.75 Å². The van der Waals surface area contributed by atoms with E-state index in [1.807, 2.05) is 56.3 Å². The molecule has 1 fully saturated rings. The molecule has 3 atom stereocenters. The highest BCUT2D eigenvalue weighted by atomic mass is 16.5. The molecule has 2 aromatic carbocycles. The van der Waals surface area contributed by atoms with Gasteiger partial charge in [-0.2, -0.15) is 0 Å². The first-order valence-corrected chi connectivity index (χ1v) is 10.7. The zero-order valence-corrected chi connectivity index (χ0v) is 18.1. The molecule has 1 aliphatic heterocycles. The number of nitrogens with zero attached hydrogens (tertiary/aromatic N) is 1. The lowest BCUT2D eigenvalue weighted by molar-refractivity contribution is -0.136. The van der Waals surface area contributed by atoms with Crippen LogP contribution in [0.2, 0.25) is 0 Å². The van der Waals surface area contributed by atoms with Crippen molar-refractivity contribution in [3.63, 3.8) is 0 Å². The van der Waals surface area contributed by atoms with Gasteiger partial charge in [-0.25, -0.2) is 4.79 Å². The van der Waals surface area contributed by atoms with Crippen molar-refractivity contribution in [1.29, 1.82) is 0 Å². The standard InChI is InChI=1S/C26H27NO4/c1-4-31-22-13-9-8-12-19(22)24-23(26(29)30-3)16(2)27-20-14-18(15-21(28)25(20)24)17-10-6-5-7-11-17/h5-13,18,24-25H,4,14-15H2,1-3H3/t18-,24-,25?/m0/s1. The van der Waals surface area contributed by atoms with E-state index in [2.05, 4.69) is 12.1 Å². The molecular formula is C26H27NO4. The van der Waals surface area contributed by atoms with E-state index in [1.165, 1.54) is 7.11 Å². The molecule has 2 aliphatic rings. The molecule has 31 heavy (non-hydrogen) atoms. The summed E-state index contributed by atoms with van der Waals surface area (Å²) in [6, 6.07) is 17.7. The normalized spacial score (nSPS) is 23.1. The molecule has 0 saturated heterocycles. The lowest BCUT2D eigenvalue weighted by Crippen LogP contribution is -2.41. The van der Waals surface area contributed by atoms with Crippen molar-refractivity contribution >= 4 is 17.5 Å². The number of benzene rings is 2. The van der Waals surface area contributed by atoms with Crippen molar-refractivity contribution < 1.29 is 19.1 Å². The van der Waals surface area contributed by atoms with Crippen molar-refractivity contribution in [2.75, 3.05) is 13.7 Å². The molecule has 5 heteroatoms. The summed E-state index contributed by atoms with van der Waals surface area (Å²) in [5, 5.41) is 0. The smallest absolute Gasteiger partial charge is 0.336 e. The summed E-state index contributed by atoms with van der Waals surface area (Å²) in [6.45, 7) is 4.24. The lowest BCUT2D eigenvalue weighted by atomic mass is 9.66. The Balaban J connectivity index is 1.83. The Labute approximate surface area is 182 Å². The summed E-state index contributed by atoms with van der Waals surface area (Å²) in [4.78, 5) is 31.1. The van der Waals surface area contributed by atoms with Crippen LogP contribution < -0.4 is 4.74 Å². The Morgan fingerprint density at radius 1 is 1.03 bits per heavy atom. The molecule has 0 spiro atoms. The third kappa shape index (κ3) is 3.92. The molecule has 5 nitrogen and oxygen atoms in total. The SMILES string of the molecule is CCOc1ccccc1[C@H]1C(C(=O)OC)=C(C)N=C2C[C@H](c3ccccc3)CC(=O)C21. The third-order valence-corrected chi connectivity index (χ3v) is 6.18. The fraction of sp³-hybridized carbons (Fsp3) is 0.346. The van der Waals surface area contributed by atoms with Crippen LogP contribution in [0.4, 0.5) is 0 Å². The largest absolute Gasteiger partial charge is 0.494 e. The topological polar surface area (TPSA) is 65.0 Å². The van der Waals surface area contributed by atoms with Gasteiger partial charge >= 0.3 is 5.97 Å². The zero-order valence-electron chi connectivity index (χ0n) is 18.1. The molecule has 160 valence electrons. The van der Waals surface area contributed by atoms with E-state index in [9.17, 15) is 9.59 Å². The highest BCUT2D eigenvalue weighted by Gasteiger charge is 2.46. The van der Waals surface area contributed by atoms with Gasteiger partial charge in [-0.15, -0.1) is 0 Å². The van der Waals surface area contributed by atoms with E-state index < -0.39 is 17.8 Å². The van der Waals surface area contributed by atoms with Crippen molar-refractivity contribution in [2.45, 2.75) is 38.5 Å². The maximum Gasteiger partial charge on any atom is 0.336 e. The van der Waals surface area contributed by atoms with Gasteiger partial charge in [0.1, 0.15) is 11.5 Å². The maximum atomic E-state index is 13.5. The lowest BCUT2D eigenvalue weighted by Gasteiger charge is -2.38. The third-order valence-electron chi connectivity index (χ3n) is 6.18. The number of hydrogen-bond donors (Lipinski definition) is 0. The highest BCUT2D eigenvalue weighted by Crippen LogP contribution is 2.47. The molecule has 4 rings (SSSR count). The number of para-hydroxylation sites is 1. The molecule has 0 radical (unpaired) electrons. The summed E-state index contributed by atoms with van der Waals surface area (Å²) >= 11 is 0. The summed E-state index contributed by atoms with van der Waals surface area (Å²) < 4.78 is 11.0. The van der Waals surface area contributed by atoms with Crippen molar-refractivity contribution in [1.82, 2.24) is 0 Å². The molecule has 0 bridgehead atoms. The summed E-state index contributed by atoms with van der Waals surface area (Å²) in [5.41, 5.74) is 3.86. The monoisotopic (exact) mass is 417 g/mol. The Bertz CT molecular complexity index is 1050. The number of carbonyl (C=O) groups excluding carboxylic acids is 2. The minimum Gasteiger partial charge on any atom is -0.494 e. The van der Waals surface area contributed by atoms with Crippen LogP contribution in [0.25, 0.3) is 0 Å². The Kier molecular flexibility index (Phi) is 6.03. The molecule has 1 unspecified atom stereocenters. The van der Waals surface area contributed by atoms with Crippen LogP contribution in [0.3, 0.4) is 0 Å². The van der Waals surface area contributed by atoms with E-state index in [0.29, 0.717) is 36.5 Å². The number of Topliss-reactive ketones (excluding diaryl/α,β-unsaturated/α-hetero) is 1. The van der Waals surface area contributed by atoms with E-state index in [1.54, 1.807) is 0 Å². The predicted octanol–water partition coefficient (Wildman–Crippen LogP) is 4.83. The summed E-state index contributed by atoms with van der Waals surface area (Å²) in [5.74, 6) is -0.521. The van der Waals surface area contributed by atoms with Crippen molar-refractivity contribution in [3.05, 3.63) is 77.0 Å². The second-order valence-electron chi connectivity index (χ2n) is 8.00. The quantitative estimate of drug-likeness (QED) is 0.654. The van der Waals surface area contributed by atoms with E-state index >= 15 is 0 Å². The first-order valence-electron chi connectivity index (χ1n) is 10.7. The predicted molar refractivity (Wildman–Crippen MR) is 119 cm³/mol. The highest BCUT2D eigenvalue weighted by molar-refractivity contribution is 6.12. The van der Waals surface area contributed by atoms with Crippen molar-refractivity contribution in [2.24, 2.45) is 10.9 Å². The molecule has 0 aromatic heterocycles. The van der Waals surface area contributed by atoms with Gasteiger partial charge in [0.15, 0.2) is 0 Å². The van der Waals surface area contributed by atoms with Gasteiger partial charge in [-0.3, -0.25) is 9.79 Å². The minimum absolute atomic E-state index is 0.0963. The molecule has 2 aromatic rings. The van der Waals surface area contributed by atoms with Crippen LogP contribution in [-0.4, -0.2) is 31.2 Å². The second-order valence-corrected chi connectivity index (χ2v) is 8.00. The summed E-state index contributed by atoms with van der Waals surface area (Å²) in [7, 11) is 1.36. The number of rotatable bonds is 5. The average Bonchev–Trinajstić information content (AvgIpc) is 2.79. The maximum absolute atomic E-state index is 13.5. The fourth-order valence-corrected chi connectivity index (χ4v) is 4.87. The number of methoxy groups -OCH3 is 1. The number of esters is 1. The van der Waals surface area contributed by atoms with Gasteiger partial charge in [0.25, 0.3) is 0 Å². The Morgan fingerprint density at radius 2 is 1.74 bits per heavy atom. The van der Waals surface area contributed by atoms with Crippen LogP contribution in [0.15, 0.2) is 70.9 Å². The Morgan fingerprint density at radius 3 is 2.45 bits per heavy atom. The molecule has 0 amide bonds.